The lowest BCUT2D eigenvalue weighted by Crippen LogP contribution is -2.45. The monoisotopic (exact) mass is 466 g/mol. The largest absolute Gasteiger partial charge is 0.507 e. The molecule has 4 aromatic rings. The summed E-state index contributed by atoms with van der Waals surface area (Å²) in [6, 6.07) is 14.5. The number of benzene rings is 2. The quantitative estimate of drug-likeness (QED) is 0.381. The van der Waals surface area contributed by atoms with Crippen LogP contribution < -0.4 is 10.7 Å². The number of aryl methyl sites for hydroxylation is 1. The Hall–Kier alpha value is -5.12. The number of phenols is 1. The number of imide groups is 1. The Balaban J connectivity index is 1.37. The maximum absolute atomic E-state index is 12.9. The highest BCUT2D eigenvalue weighted by Crippen LogP contribution is 2.29. The van der Waals surface area contributed by atoms with Gasteiger partial charge in [-0.2, -0.15) is 5.01 Å². The molecule has 35 heavy (non-hydrogen) atoms. The van der Waals surface area contributed by atoms with E-state index in [2.05, 4.69) is 25.7 Å². The number of nitrogens with one attached hydrogen (secondary N) is 2. The smallest absolute Gasteiger partial charge is 0.284 e. The Morgan fingerprint density at radius 2 is 1.86 bits per heavy atom. The van der Waals surface area contributed by atoms with Crippen molar-refractivity contribution in [1.82, 2.24) is 25.4 Å². The van der Waals surface area contributed by atoms with E-state index in [1.54, 1.807) is 42.9 Å². The van der Waals surface area contributed by atoms with Gasteiger partial charge in [-0.05, 0) is 55.0 Å². The average Bonchev–Trinajstić information content (AvgIpc) is 3.11. The Bertz CT molecular complexity index is 1490. The van der Waals surface area contributed by atoms with Crippen LogP contribution >= 0.6 is 0 Å². The molecule has 0 saturated carbocycles. The molecule has 10 heteroatoms. The number of aromatic nitrogens is 3. The van der Waals surface area contributed by atoms with Crippen LogP contribution in [0, 0.1) is 6.92 Å². The number of anilines is 2. The van der Waals surface area contributed by atoms with E-state index in [4.69, 9.17) is 0 Å². The summed E-state index contributed by atoms with van der Waals surface area (Å²) in [4.78, 5) is 50.9. The molecule has 0 radical (unpaired) electrons. The number of rotatable bonds is 5. The topological polar surface area (TPSA) is 137 Å². The molecule has 0 bridgehead atoms. The lowest BCUT2D eigenvalue weighted by molar-refractivity contribution is 0.0517. The number of pyridine rings is 1. The van der Waals surface area contributed by atoms with E-state index in [0.29, 0.717) is 22.3 Å². The summed E-state index contributed by atoms with van der Waals surface area (Å²) in [7, 11) is 0. The number of hydrogen-bond donors (Lipinski definition) is 3. The van der Waals surface area contributed by atoms with Crippen molar-refractivity contribution in [2.24, 2.45) is 0 Å². The van der Waals surface area contributed by atoms with Crippen LogP contribution in [0.4, 0.5) is 11.6 Å². The number of amides is 3. The molecule has 0 unspecified atom stereocenters. The van der Waals surface area contributed by atoms with Crippen molar-refractivity contribution in [1.29, 1.82) is 0 Å². The van der Waals surface area contributed by atoms with Crippen molar-refractivity contribution in [2.45, 2.75) is 6.92 Å². The Morgan fingerprint density at radius 1 is 1.00 bits per heavy atom. The van der Waals surface area contributed by atoms with Crippen molar-refractivity contribution < 1.29 is 19.5 Å². The molecule has 3 amide bonds. The van der Waals surface area contributed by atoms with Gasteiger partial charge in [-0.1, -0.05) is 12.1 Å². The predicted octanol–water partition coefficient (Wildman–Crippen LogP) is 3.24. The molecule has 3 heterocycles. The van der Waals surface area contributed by atoms with Crippen molar-refractivity contribution in [3.05, 3.63) is 95.4 Å². The summed E-state index contributed by atoms with van der Waals surface area (Å²) >= 11 is 0. The summed E-state index contributed by atoms with van der Waals surface area (Å²) in [5.41, 5.74) is 5.30. The zero-order chi connectivity index (χ0) is 24.5. The van der Waals surface area contributed by atoms with Crippen LogP contribution in [-0.4, -0.2) is 42.8 Å². The molecule has 0 aliphatic carbocycles. The second kappa shape index (κ2) is 8.67. The average molecular weight is 466 g/mol. The summed E-state index contributed by atoms with van der Waals surface area (Å²) in [6.45, 7) is 1.85. The Labute approximate surface area is 199 Å². The first-order valence-electron chi connectivity index (χ1n) is 10.6. The highest BCUT2D eigenvalue weighted by atomic mass is 16.3. The molecular weight excluding hydrogens is 448 g/mol. The van der Waals surface area contributed by atoms with Crippen molar-refractivity contribution in [3.8, 4) is 17.0 Å². The van der Waals surface area contributed by atoms with Crippen LogP contribution in [0.25, 0.3) is 11.3 Å². The van der Waals surface area contributed by atoms with E-state index < -0.39 is 17.7 Å². The van der Waals surface area contributed by atoms with Gasteiger partial charge >= 0.3 is 0 Å². The molecule has 0 atom stereocenters. The number of fused-ring (bicyclic) bond motifs is 1. The first kappa shape index (κ1) is 21.7. The zero-order valence-corrected chi connectivity index (χ0v) is 18.4. The number of phenolic OH excluding ortho intramolecular Hbond substituents is 1. The SMILES string of the molecule is Cc1ccc(C(=O)NN2C(=O)c3cccc(O)c3C2=O)cc1Nc1nccc(-c2cccnc2)n1. The molecule has 172 valence electrons. The highest BCUT2D eigenvalue weighted by molar-refractivity contribution is 6.23. The van der Waals surface area contributed by atoms with Crippen molar-refractivity contribution in [3.63, 3.8) is 0 Å². The van der Waals surface area contributed by atoms with Gasteiger partial charge in [0.05, 0.1) is 16.8 Å². The van der Waals surface area contributed by atoms with Crippen LogP contribution in [-0.2, 0) is 0 Å². The molecule has 3 N–H and O–H groups in total. The van der Waals surface area contributed by atoms with Crippen LogP contribution in [0.3, 0.4) is 0 Å². The highest BCUT2D eigenvalue weighted by Gasteiger charge is 2.39. The number of aromatic hydroxyl groups is 1. The molecule has 0 fully saturated rings. The number of nitrogens with zero attached hydrogens (tertiary/aromatic N) is 4. The van der Waals surface area contributed by atoms with Gasteiger partial charge in [-0.15, -0.1) is 0 Å². The second-order valence-corrected chi connectivity index (χ2v) is 7.75. The molecule has 0 spiro atoms. The van der Waals surface area contributed by atoms with E-state index in [0.717, 1.165) is 11.1 Å². The minimum absolute atomic E-state index is 0.0206. The fourth-order valence-electron chi connectivity index (χ4n) is 3.65. The first-order valence-corrected chi connectivity index (χ1v) is 10.6. The van der Waals surface area contributed by atoms with Gasteiger partial charge in [-0.25, -0.2) is 9.97 Å². The van der Waals surface area contributed by atoms with Crippen LogP contribution in [0.5, 0.6) is 5.75 Å². The van der Waals surface area contributed by atoms with Gasteiger partial charge in [0.25, 0.3) is 17.7 Å². The Kier molecular flexibility index (Phi) is 5.38. The fourth-order valence-corrected chi connectivity index (χ4v) is 3.65. The lowest BCUT2D eigenvalue weighted by Gasteiger charge is -2.16. The van der Waals surface area contributed by atoms with Gasteiger partial charge in [0.15, 0.2) is 0 Å². The minimum Gasteiger partial charge on any atom is -0.507 e. The number of hydrazine groups is 1. The van der Waals surface area contributed by atoms with Crippen molar-refractivity contribution in [2.75, 3.05) is 5.32 Å². The molecule has 0 saturated heterocycles. The van der Waals surface area contributed by atoms with E-state index >= 15 is 0 Å². The van der Waals surface area contributed by atoms with E-state index in [1.807, 2.05) is 19.1 Å². The molecule has 2 aromatic carbocycles. The summed E-state index contributed by atoms with van der Waals surface area (Å²) in [5, 5.41) is 13.7. The molecule has 1 aliphatic rings. The van der Waals surface area contributed by atoms with Gasteiger partial charge in [0.1, 0.15) is 5.75 Å². The normalized spacial score (nSPS) is 12.4. The minimum atomic E-state index is -0.803. The summed E-state index contributed by atoms with van der Waals surface area (Å²) in [6.07, 6.45) is 4.98. The van der Waals surface area contributed by atoms with Crippen LogP contribution in [0.1, 0.15) is 36.6 Å². The number of carbonyl (C=O) groups excluding carboxylic acids is 3. The zero-order valence-electron chi connectivity index (χ0n) is 18.4. The maximum atomic E-state index is 12.9. The summed E-state index contributed by atoms with van der Waals surface area (Å²) < 4.78 is 0. The molecular formula is C25H18N6O4. The second-order valence-electron chi connectivity index (χ2n) is 7.75. The summed E-state index contributed by atoms with van der Waals surface area (Å²) in [5.74, 6) is -2.20. The number of hydrogen-bond acceptors (Lipinski definition) is 8. The predicted molar refractivity (Wildman–Crippen MR) is 126 cm³/mol. The van der Waals surface area contributed by atoms with Crippen LogP contribution in [0.15, 0.2) is 73.2 Å². The first-order chi connectivity index (χ1) is 16.9. The van der Waals surface area contributed by atoms with E-state index in [1.165, 1.54) is 18.2 Å². The fraction of sp³-hybridized carbons (Fsp3) is 0.0400. The lowest BCUT2D eigenvalue weighted by atomic mass is 10.1. The van der Waals surface area contributed by atoms with E-state index in [-0.39, 0.29) is 22.4 Å². The molecule has 1 aliphatic heterocycles. The third-order valence-corrected chi connectivity index (χ3v) is 5.47. The third-order valence-electron chi connectivity index (χ3n) is 5.47. The third kappa shape index (κ3) is 4.04. The molecule has 2 aromatic heterocycles. The Morgan fingerprint density at radius 3 is 2.63 bits per heavy atom. The van der Waals surface area contributed by atoms with Gasteiger partial charge < -0.3 is 10.4 Å². The maximum Gasteiger partial charge on any atom is 0.284 e. The van der Waals surface area contributed by atoms with Crippen molar-refractivity contribution >= 4 is 29.4 Å². The molecule has 10 nitrogen and oxygen atoms in total. The van der Waals surface area contributed by atoms with E-state index in [9.17, 15) is 19.5 Å². The van der Waals surface area contributed by atoms with Gasteiger partial charge in [0, 0.05) is 35.4 Å². The van der Waals surface area contributed by atoms with Gasteiger partial charge in [0.2, 0.25) is 5.95 Å². The molecule has 5 rings (SSSR count). The van der Waals surface area contributed by atoms with Gasteiger partial charge in [-0.3, -0.25) is 24.8 Å². The van der Waals surface area contributed by atoms with Crippen LogP contribution in [0.2, 0.25) is 0 Å². The standard InChI is InChI=1S/C25H18N6O4/c1-14-7-8-15(22(33)30-31-23(34)17-5-2-6-20(32)21(17)24(31)35)12-19(14)29-25-27-11-9-18(28-25)16-4-3-10-26-13-16/h2-13,32H,1H3,(H,30,33)(H,27,28,29). The number of carbonyl (C=O) groups is 3.